The topological polar surface area (TPSA) is 87.0 Å². The van der Waals surface area contributed by atoms with Crippen LogP contribution in [0.4, 0.5) is 0 Å². The van der Waals surface area contributed by atoms with Crippen molar-refractivity contribution >= 4 is 5.97 Å². The number of esters is 1. The fourth-order valence-electron chi connectivity index (χ4n) is 0.872. The van der Waals surface area contributed by atoms with Gasteiger partial charge in [-0.3, -0.25) is 4.79 Å². The molecule has 5 heteroatoms. The minimum absolute atomic E-state index is 0.214. The van der Waals surface area contributed by atoms with Gasteiger partial charge in [-0.1, -0.05) is 0 Å². The van der Waals surface area contributed by atoms with Crippen LogP contribution in [0.2, 0.25) is 0 Å². The Kier molecular flexibility index (Phi) is 6.48. The number of ether oxygens (including phenoxy) is 1. The van der Waals surface area contributed by atoms with Gasteiger partial charge in [-0.2, -0.15) is 0 Å². The van der Waals surface area contributed by atoms with Gasteiger partial charge in [0.2, 0.25) is 0 Å². The fraction of sp³-hybridized carbons (Fsp3) is 0.875. The zero-order chi connectivity index (χ0) is 10.3. The van der Waals surface area contributed by atoms with Gasteiger partial charge in [-0.15, -0.1) is 0 Å². The molecule has 0 heterocycles. The molecule has 13 heavy (non-hydrogen) atoms. The van der Waals surface area contributed by atoms with Gasteiger partial charge < -0.3 is 20.1 Å². The largest absolute Gasteiger partial charge is 0.469 e. The normalized spacial score (nSPS) is 15.1. The van der Waals surface area contributed by atoms with E-state index in [1.807, 2.05) is 0 Å². The first-order valence-corrected chi connectivity index (χ1v) is 4.15. The van der Waals surface area contributed by atoms with Crippen molar-refractivity contribution in [2.24, 2.45) is 0 Å². The molecule has 0 aliphatic rings. The SMILES string of the molecule is COC(=O)CCC[C@@H](O)[C@@H](O)CO. The molecule has 0 radical (unpaired) electrons. The third-order valence-electron chi connectivity index (χ3n) is 1.74. The molecule has 5 nitrogen and oxygen atoms in total. The lowest BCUT2D eigenvalue weighted by Gasteiger charge is -2.14. The van der Waals surface area contributed by atoms with Crippen LogP contribution in [0.5, 0.6) is 0 Å². The van der Waals surface area contributed by atoms with Crippen molar-refractivity contribution in [3.05, 3.63) is 0 Å². The van der Waals surface area contributed by atoms with Gasteiger partial charge in [0.15, 0.2) is 0 Å². The van der Waals surface area contributed by atoms with Gasteiger partial charge in [0.05, 0.1) is 19.8 Å². The van der Waals surface area contributed by atoms with E-state index >= 15 is 0 Å². The minimum atomic E-state index is -1.13. The summed E-state index contributed by atoms with van der Waals surface area (Å²) in [7, 11) is 1.29. The van der Waals surface area contributed by atoms with Crippen molar-refractivity contribution in [1.29, 1.82) is 0 Å². The molecule has 2 atom stereocenters. The second-order valence-corrected chi connectivity index (χ2v) is 2.79. The summed E-state index contributed by atoms with van der Waals surface area (Å²) in [6.07, 6.45) is -1.18. The van der Waals surface area contributed by atoms with E-state index in [9.17, 15) is 4.79 Å². The number of carbonyl (C=O) groups is 1. The molecule has 0 saturated heterocycles. The summed E-state index contributed by atoms with van der Waals surface area (Å²) in [5.41, 5.74) is 0. The lowest BCUT2D eigenvalue weighted by Crippen LogP contribution is -2.29. The van der Waals surface area contributed by atoms with Crippen molar-refractivity contribution in [2.45, 2.75) is 31.5 Å². The molecule has 0 spiro atoms. The maximum absolute atomic E-state index is 10.6. The van der Waals surface area contributed by atoms with Crippen LogP contribution >= 0.6 is 0 Å². The zero-order valence-electron chi connectivity index (χ0n) is 7.64. The molecular weight excluding hydrogens is 176 g/mol. The number of hydrogen-bond donors (Lipinski definition) is 3. The Bertz CT molecular complexity index is 147. The highest BCUT2D eigenvalue weighted by atomic mass is 16.5. The number of aliphatic hydroxyl groups is 3. The number of carbonyl (C=O) groups excluding carboxylic acids is 1. The lowest BCUT2D eigenvalue weighted by molar-refractivity contribution is -0.140. The maximum Gasteiger partial charge on any atom is 0.305 e. The van der Waals surface area contributed by atoms with Crippen LogP contribution in [-0.4, -0.2) is 47.2 Å². The predicted molar refractivity (Wildman–Crippen MR) is 45.0 cm³/mol. The predicted octanol–water partition coefficient (Wildman–Crippen LogP) is -0.956. The number of methoxy groups -OCH3 is 1. The van der Waals surface area contributed by atoms with E-state index in [0.717, 1.165) is 0 Å². The Balaban J connectivity index is 3.47. The summed E-state index contributed by atoms with van der Waals surface area (Å²) in [4.78, 5) is 10.6. The van der Waals surface area contributed by atoms with Crippen molar-refractivity contribution in [3.8, 4) is 0 Å². The molecule has 0 aliphatic heterocycles. The van der Waals surface area contributed by atoms with Gasteiger partial charge in [-0.05, 0) is 12.8 Å². The molecule has 0 unspecified atom stereocenters. The third kappa shape index (κ3) is 5.57. The summed E-state index contributed by atoms with van der Waals surface area (Å²) in [6.45, 7) is -0.473. The molecule has 0 rings (SSSR count). The highest BCUT2D eigenvalue weighted by Crippen LogP contribution is 2.05. The van der Waals surface area contributed by atoms with Crippen LogP contribution in [0, 0.1) is 0 Å². The molecule has 0 bridgehead atoms. The number of rotatable bonds is 6. The quantitative estimate of drug-likeness (QED) is 0.472. The van der Waals surface area contributed by atoms with Gasteiger partial charge in [0.25, 0.3) is 0 Å². The first kappa shape index (κ1) is 12.3. The molecule has 78 valence electrons. The summed E-state index contributed by atoms with van der Waals surface area (Å²) in [5.74, 6) is -0.342. The highest BCUT2D eigenvalue weighted by Gasteiger charge is 2.14. The Morgan fingerprint density at radius 2 is 2.00 bits per heavy atom. The maximum atomic E-state index is 10.6. The monoisotopic (exact) mass is 192 g/mol. The van der Waals surface area contributed by atoms with E-state index in [0.29, 0.717) is 6.42 Å². The van der Waals surface area contributed by atoms with Crippen LogP contribution in [0.25, 0.3) is 0 Å². The second-order valence-electron chi connectivity index (χ2n) is 2.79. The summed E-state index contributed by atoms with van der Waals surface area (Å²) < 4.78 is 4.39. The third-order valence-corrected chi connectivity index (χ3v) is 1.74. The van der Waals surface area contributed by atoms with E-state index in [1.165, 1.54) is 7.11 Å². The molecular formula is C8H16O5. The van der Waals surface area contributed by atoms with Crippen molar-refractivity contribution < 1.29 is 24.9 Å². The summed E-state index contributed by atoms with van der Waals surface area (Å²) in [6, 6.07) is 0. The standard InChI is InChI=1S/C8H16O5/c1-13-8(12)4-2-3-6(10)7(11)5-9/h6-7,9-11H,2-5H2,1H3/t6-,7+/m1/s1. The van der Waals surface area contributed by atoms with Crippen molar-refractivity contribution in [1.82, 2.24) is 0 Å². The smallest absolute Gasteiger partial charge is 0.305 e. The zero-order valence-corrected chi connectivity index (χ0v) is 7.64. The summed E-state index contributed by atoms with van der Waals surface area (Å²) in [5, 5.41) is 26.5. The Morgan fingerprint density at radius 3 is 2.46 bits per heavy atom. The number of aliphatic hydroxyl groups excluding tert-OH is 3. The Labute approximate surface area is 77.0 Å². The molecule has 3 N–H and O–H groups in total. The van der Waals surface area contributed by atoms with Crippen LogP contribution in [0.15, 0.2) is 0 Å². The molecule has 0 aromatic rings. The van der Waals surface area contributed by atoms with E-state index in [-0.39, 0.29) is 18.8 Å². The first-order chi connectivity index (χ1) is 6.11. The molecule has 0 aliphatic carbocycles. The van der Waals surface area contributed by atoms with Gasteiger partial charge in [0.1, 0.15) is 6.10 Å². The van der Waals surface area contributed by atoms with E-state index in [4.69, 9.17) is 15.3 Å². The lowest BCUT2D eigenvalue weighted by atomic mass is 10.1. The van der Waals surface area contributed by atoms with Crippen molar-refractivity contribution in [2.75, 3.05) is 13.7 Å². The Morgan fingerprint density at radius 1 is 1.38 bits per heavy atom. The first-order valence-electron chi connectivity index (χ1n) is 4.15. The molecule has 0 fully saturated rings. The second kappa shape index (κ2) is 6.82. The highest BCUT2D eigenvalue weighted by molar-refractivity contribution is 5.68. The van der Waals surface area contributed by atoms with Gasteiger partial charge >= 0.3 is 5.97 Å². The van der Waals surface area contributed by atoms with Crippen LogP contribution in [-0.2, 0) is 9.53 Å². The van der Waals surface area contributed by atoms with Crippen molar-refractivity contribution in [3.63, 3.8) is 0 Å². The average molecular weight is 192 g/mol. The molecule has 0 aromatic carbocycles. The van der Waals surface area contributed by atoms with Crippen LogP contribution in [0.3, 0.4) is 0 Å². The Hall–Kier alpha value is -0.650. The van der Waals surface area contributed by atoms with Crippen LogP contribution < -0.4 is 0 Å². The fourth-order valence-corrected chi connectivity index (χ4v) is 0.872. The van der Waals surface area contributed by atoms with E-state index in [1.54, 1.807) is 0 Å². The van der Waals surface area contributed by atoms with Gasteiger partial charge in [-0.25, -0.2) is 0 Å². The number of hydrogen-bond acceptors (Lipinski definition) is 5. The van der Waals surface area contributed by atoms with E-state index < -0.39 is 18.8 Å². The summed E-state index contributed by atoms with van der Waals surface area (Å²) >= 11 is 0. The van der Waals surface area contributed by atoms with E-state index in [2.05, 4.69) is 4.74 Å². The van der Waals surface area contributed by atoms with Crippen LogP contribution in [0.1, 0.15) is 19.3 Å². The molecule has 0 aromatic heterocycles. The minimum Gasteiger partial charge on any atom is -0.469 e. The molecule has 0 saturated carbocycles. The van der Waals surface area contributed by atoms with Gasteiger partial charge in [0, 0.05) is 6.42 Å². The molecule has 0 amide bonds. The average Bonchev–Trinajstić information content (AvgIpc) is 2.15.